The van der Waals surface area contributed by atoms with E-state index in [0.717, 1.165) is 100 Å². The number of benzene rings is 18. The van der Waals surface area contributed by atoms with Crippen LogP contribution in [0.4, 0.5) is 0 Å². The minimum absolute atomic E-state index is 0.843. The van der Waals surface area contributed by atoms with Crippen LogP contribution in [0.15, 0.2) is 479 Å². The zero-order valence-corrected chi connectivity index (χ0v) is 76.0. The molecule has 18 aromatic carbocycles. The van der Waals surface area contributed by atoms with Crippen molar-refractivity contribution in [2.45, 2.75) is 0 Å². The van der Waals surface area contributed by atoms with Crippen molar-refractivity contribution in [3.63, 3.8) is 0 Å². The third-order valence-corrected chi connectivity index (χ3v) is 31.3. The van der Waals surface area contributed by atoms with E-state index in [1.807, 2.05) is 119 Å². The summed E-state index contributed by atoms with van der Waals surface area (Å²) in [7, 11) is 0.0451. The SMILES string of the molecule is O=P(c1ccccc1)(c1ccccc1)c1ccc([Si](c2ccccc2)(c2ccccc2)c2ccccc2)cc1.[3H]P([B])I.[3H][S-](=O)=P.c1cc(-n2c3ccccc3c3ccccc32)cc(-n2c3ccccc3c3ccccc32)c1.c1ccc(-n2c(-c3cc(-c4nc5ccccc5n4-c4ccccc4)cc(-c4nc5ccccc5n4-c4ccccc4)c3)nc3ccccc32)cc1. The van der Waals surface area contributed by atoms with Crippen LogP contribution in [0.2, 0.25) is 0 Å². The summed E-state index contributed by atoms with van der Waals surface area (Å²) in [5, 5.41) is 12.9. The van der Waals surface area contributed by atoms with Crippen LogP contribution in [0.1, 0.15) is 0 Å². The maximum atomic E-state index is 15.0. The second-order valence-electron chi connectivity index (χ2n) is 30.7. The Labute approximate surface area is 767 Å². The average Bonchev–Trinajstić information content (AvgIpc) is 1.26. The van der Waals surface area contributed by atoms with Crippen molar-refractivity contribution >= 4 is 183 Å². The minimum atomic E-state index is -3.05. The molecule has 5 heterocycles. The summed E-state index contributed by atoms with van der Waals surface area (Å²) in [5.41, 5.74) is 19.2. The maximum Gasteiger partial charge on any atom is 0.179 e. The predicted molar refractivity (Wildman–Crippen MR) is 557 cm³/mol. The van der Waals surface area contributed by atoms with E-state index < -0.39 is 32.0 Å². The van der Waals surface area contributed by atoms with Crippen LogP contribution in [0.25, 0.3) is 139 Å². The number of imidazole rings is 3. The maximum absolute atomic E-state index is 15.0. The number of rotatable bonds is 15. The van der Waals surface area contributed by atoms with Crippen LogP contribution in [-0.4, -0.2) is 55.8 Å². The zero-order valence-electron chi connectivity index (χ0n) is 71.3. The Morgan fingerprint density at radius 2 is 0.508 bits per heavy atom. The van der Waals surface area contributed by atoms with Gasteiger partial charge in [0.25, 0.3) is 0 Å². The summed E-state index contributed by atoms with van der Waals surface area (Å²) in [6, 6.07) is 167. The van der Waals surface area contributed by atoms with Crippen LogP contribution < -0.4 is 36.7 Å². The second kappa shape index (κ2) is 38.1. The first-order valence-corrected chi connectivity index (χ1v) is 51.5. The molecule has 17 heteroatoms. The lowest BCUT2D eigenvalue weighted by Crippen LogP contribution is -2.74. The number of para-hydroxylation sites is 13. The van der Waals surface area contributed by atoms with E-state index in [9.17, 15) is 0 Å². The molecule has 1 atom stereocenters. The number of thiol groups is 1. The van der Waals surface area contributed by atoms with Gasteiger partial charge in [-0.25, -0.2) is 23.0 Å². The Hall–Kier alpha value is -13.9. The molecule has 0 spiro atoms. The number of nitrogens with zero attached hydrogens (tertiary/aromatic N) is 8. The molecular weight excluding hydrogens is 1770 g/mol. The predicted octanol–water partition coefficient (Wildman–Crippen LogP) is 24.6. The van der Waals surface area contributed by atoms with Crippen molar-refractivity contribution in [1.82, 2.24) is 37.8 Å². The Morgan fingerprint density at radius 1 is 0.289 bits per heavy atom. The third-order valence-electron chi connectivity index (χ3n) is 23.5. The van der Waals surface area contributed by atoms with Gasteiger partial charge in [0.15, 0.2) is 15.2 Å². The van der Waals surface area contributed by atoms with E-state index >= 15 is 4.57 Å². The molecule has 5 aromatic heterocycles. The van der Waals surface area contributed by atoms with E-state index in [1.54, 1.807) is 0 Å². The lowest BCUT2D eigenvalue weighted by molar-refractivity contribution is 0.592. The van der Waals surface area contributed by atoms with Gasteiger partial charge in [-0.05, 0) is 154 Å². The molecule has 10 nitrogen and oxygen atoms in total. The molecule has 128 heavy (non-hydrogen) atoms. The summed E-state index contributed by atoms with van der Waals surface area (Å²) in [6.45, 7) is 0. The summed E-state index contributed by atoms with van der Waals surface area (Å²) in [4.78, 5) is 15.9. The second-order valence-corrected chi connectivity index (χ2v) is 39.8. The van der Waals surface area contributed by atoms with Gasteiger partial charge in [-0.1, -0.05) is 369 Å². The molecule has 0 amide bonds. The Bertz CT molecular complexity index is 7370. The summed E-state index contributed by atoms with van der Waals surface area (Å²) in [6.07, 6.45) is 0. The topological polar surface area (TPSA) is 97.5 Å². The van der Waals surface area contributed by atoms with E-state index in [2.05, 4.69) is 413 Å². The summed E-state index contributed by atoms with van der Waals surface area (Å²) in [5.74, 6) is 2.53. The van der Waals surface area contributed by atoms with E-state index in [4.69, 9.17) is 29.1 Å². The Balaban J connectivity index is 0.000000124. The quantitative estimate of drug-likeness (QED) is 0.0254. The normalized spacial score (nSPS) is 11.9. The van der Waals surface area contributed by atoms with Crippen molar-refractivity contribution < 1.29 is 8.77 Å². The molecular formula is C111H82BIN8O2P3SSi-. The van der Waals surface area contributed by atoms with Crippen LogP contribution >= 0.6 is 43.2 Å². The number of hydrogen-bond donors (Lipinski definition) is 0. The fourth-order valence-electron chi connectivity index (χ4n) is 18.1. The molecule has 1 unspecified atom stereocenters. The molecule has 23 aromatic rings. The standard InChI is InChI=1S/C45H30N6.C36H29OPSi.C30H20N2.BHIP.H2OPS/c1-4-16-34(17-5-1)49-40-25-13-10-22-37(40)46-43(49)31-28-32(44-47-38-23-11-14-26-41(38)50(44)35-18-6-2-7-19-35)30-33(29-31)45-48-39-24-12-15-27-42(39)51(45)36-20-8-3-9-21-36;37-38(30-16-6-1-7-17-30,31-18-8-2-9-19-31)32-26-28-36(29-27-32)39(33-20-10-3-11-21-33,34-22-12-4-13-23-34)35-24-14-5-15-25-35;1-5-16-27-23(12-1)24-13-2-6-17-28(24)31(27)21-10-9-11-22(20-21)32-29-18-7-3-14-25(29)26-15-4-8-19-30(26)32;2*1-3-2/h1-30H;1-29H;1-20H;3H;2-3H/q;;;;-1/i;;;2*3T. The van der Waals surface area contributed by atoms with Crippen molar-refractivity contribution in [1.29, 1.82) is 2.40 Å². The van der Waals surface area contributed by atoms with Gasteiger partial charge in [-0.15, -0.1) is 6.05 Å². The minimum Gasteiger partial charge on any atom is -0.460 e. The van der Waals surface area contributed by atoms with Crippen molar-refractivity contribution in [2.24, 2.45) is 0 Å². The molecule has 0 aliphatic heterocycles. The van der Waals surface area contributed by atoms with Crippen molar-refractivity contribution in [2.75, 3.05) is 0 Å². The highest BCUT2D eigenvalue weighted by Gasteiger charge is 2.42. The molecule has 0 N–H and O–H groups in total. The van der Waals surface area contributed by atoms with Gasteiger partial charge in [0.05, 0.1) is 56.4 Å². The fraction of sp³-hybridized carbons (Fsp3) is 0. The summed E-state index contributed by atoms with van der Waals surface area (Å²) >= 11 is 1.85. The molecule has 0 saturated heterocycles. The van der Waals surface area contributed by atoms with Gasteiger partial charge in [0, 0.05) is 82.6 Å². The third kappa shape index (κ3) is 16.1. The van der Waals surface area contributed by atoms with Gasteiger partial charge >= 0.3 is 0 Å². The number of hydrogen-bond acceptors (Lipinski definition) is 6. The lowest BCUT2D eigenvalue weighted by atomic mass is 10.0. The van der Waals surface area contributed by atoms with Crippen LogP contribution in [0, 0.1) is 0 Å². The molecule has 614 valence electrons. The Morgan fingerprint density at radius 3 is 0.797 bits per heavy atom. The van der Waals surface area contributed by atoms with Crippen LogP contribution in [0.3, 0.4) is 0 Å². The van der Waals surface area contributed by atoms with E-state index in [1.165, 1.54) is 75.7 Å². The molecule has 0 fully saturated rings. The summed E-state index contributed by atoms with van der Waals surface area (Å²) < 4.78 is 48.0. The largest absolute Gasteiger partial charge is 0.460 e. The highest BCUT2D eigenvalue weighted by Crippen LogP contribution is 2.44. The van der Waals surface area contributed by atoms with Gasteiger partial charge in [0.2, 0.25) is 0 Å². The fourth-order valence-corrected chi connectivity index (χ4v) is 25.5. The number of halogens is 1. The van der Waals surface area contributed by atoms with Gasteiger partial charge in [0.1, 0.15) is 25.0 Å². The van der Waals surface area contributed by atoms with Gasteiger partial charge < -0.3 is 17.9 Å². The highest BCUT2D eigenvalue weighted by atomic mass is 127. The molecule has 0 aliphatic rings. The smallest absolute Gasteiger partial charge is 0.179 e. The zero-order chi connectivity index (χ0) is 88.5. The first-order chi connectivity index (χ1) is 63.9. The number of aromatic nitrogens is 8. The molecule has 0 aliphatic carbocycles. The van der Waals surface area contributed by atoms with Gasteiger partial charge in [-0.3, -0.25) is 24.4 Å². The first kappa shape index (κ1) is 81.2. The average molecular weight is 1850 g/mol. The number of fused-ring (bicyclic) bond motifs is 9. The lowest BCUT2D eigenvalue weighted by Gasteiger charge is -2.34. The van der Waals surface area contributed by atoms with Crippen molar-refractivity contribution in [3.05, 3.63) is 479 Å². The van der Waals surface area contributed by atoms with Crippen LogP contribution in [0.5, 0.6) is 0 Å². The van der Waals surface area contributed by atoms with E-state index in [-0.39, 0.29) is 0 Å². The monoisotopic (exact) mass is 1850 g/mol. The van der Waals surface area contributed by atoms with Crippen LogP contribution in [-0.2, 0) is 19.5 Å². The van der Waals surface area contributed by atoms with Gasteiger partial charge in [-0.2, -0.15) is 0 Å². The molecule has 23 rings (SSSR count). The molecule has 0 saturated carbocycles. The molecule has 2 radical (unpaired) electrons. The van der Waals surface area contributed by atoms with Crippen molar-refractivity contribution in [3.8, 4) is 62.6 Å². The first-order valence-electron chi connectivity index (χ1n) is 42.9. The Kier molecular flexibility index (Phi) is 24.2. The highest BCUT2D eigenvalue weighted by molar-refractivity contribution is 14.2. The molecule has 0 bridgehead atoms. The van der Waals surface area contributed by atoms with E-state index in [0.29, 0.717) is 0 Å².